The fourth-order valence-electron chi connectivity index (χ4n) is 9.11. The van der Waals surface area contributed by atoms with Crippen LogP contribution in [-0.2, 0) is 20.5 Å². The van der Waals surface area contributed by atoms with Gasteiger partial charge in [-0.3, -0.25) is 14.4 Å². The van der Waals surface area contributed by atoms with E-state index in [0.717, 1.165) is 55.4 Å². The number of likely N-dealkylation sites (tertiary alicyclic amines) is 1. The topological polar surface area (TPSA) is 110 Å². The quantitative estimate of drug-likeness (QED) is 0.261. The molecule has 2 aromatic heterocycles. The van der Waals surface area contributed by atoms with Gasteiger partial charge in [-0.05, 0) is 144 Å². The van der Waals surface area contributed by atoms with Crippen LogP contribution in [0.3, 0.4) is 0 Å². The highest BCUT2D eigenvalue weighted by Crippen LogP contribution is 2.58. The number of β-amino-alcohol motifs (C(OH)–C–C–N with tert-alkyl or cyclic N) is 1. The second kappa shape index (κ2) is 13.9. The summed E-state index contributed by atoms with van der Waals surface area (Å²) in [6.45, 7) is 10.0. The van der Waals surface area contributed by atoms with Crippen LogP contribution in [0.4, 0.5) is 10.6 Å². The number of amides is 2. The van der Waals surface area contributed by atoms with Gasteiger partial charge in [0.15, 0.2) is 0 Å². The minimum atomic E-state index is -0.477. The van der Waals surface area contributed by atoms with E-state index in [1.54, 1.807) is 12.0 Å². The molecule has 1 N–H and O–H groups in total. The number of hydrogen-bond donors (Lipinski definition) is 1. The molecule has 4 saturated carbocycles. The smallest absolute Gasteiger partial charge is 0.410 e. The van der Waals surface area contributed by atoms with E-state index in [1.165, 1.54) is 11.1 Å². The highest BCUT2D eigenvalue weighted by Gasteiger charge is 2.51. The van der Waals surface area contributed by atoms with Crippen molar-refractivity contribution in [3.8, 4) is 16.9 Å². The third-order valence-corrected chi connectivity index (χ3v) is 12.5. The third kappa shape index (κ3) is 7.26. The average Bonchev–Trinajstić information content (AvgIpc) is 3.82. The molecule has 10 heteroatoms. The first kappa shape index (κ1) is 35.5. The lowest BCUT2D eigenvalue weighted by Gasteiger charge is -2.55. The normalized spacial score (nSPS) is 27.7. The lowest BCUT2D eigenvalue weighted by molar-refractivity contribution is -0.124. The molecule has 1 saturated heterocycles. The van der Waals surface area contributed by atoms with E-state index in [1.807, 2.05) is 28.0 Å². The molecule has 4 aliphatic carbocycles. The first-order valence-corrected chi connectivity index (χ1v) is 19.0. The average molecular weight is 698 g/mol. The minimum Gasteiger partial charge on any atom is -0.496 e. The summed E-state index contributed by atoms with van der Waals surface area (Å²) in [4.78, 5) is 35.9. The number of carbonyl (C=O) groups excluding carboxylic acids is 2. The number of carbonyl (C=O) groups is 2. The lowest BCUT2D eigenvalue weighted by atomic mass is 9.51. The summed E-state index contributed by atoms with van der Waals surface area (Å²) < 4.78 is 13.4. The molecular formula is C41H55N5O5. The SMILES string of the molecule is COc1ccc(C23CCC(CN(c4cc(-c5cnn(C(C)(C)C)c5)ccn4)C(=O)[C@H]4CC[C@H](OC(=O)N5CC[C@H](O)C5)CC4)(CC2)CC3)cc1C. The van der Waals surface area contributed by atoms with E-state index < -0.39 is 6.10 Å². The van der Waals surface area contributed by atoms with Crippen LogP contribution in [0.5, 0.6) is 5.75 Å². The van der Waals surface area contributed by atoms with Crippen LogP contribution in [0, 0.1) is 18.3 Å². The van der Waals surface area contributed by atoms with Gasteiger partial charge in [0.25, 0.3) is 0 Å². The molecule has 3 aromatic rings. The van der Waals surface area contributed by atoms with Crippen LogP contribution in [0.15, 0.2) is 48.9 Å². The number of aryl methyl sites for hydroxylation is 1. The lowest BCUT2D eigenvalue weighted by Crippen LogP contribution is -2.52. The van der Waals surface area contributed by atoms with Crippen LogP contribution in [0.25, 0.3) is 11.1 Å². The van der Waals surface area contributed by atoms with Gasteiger partial charge >= 0.3 is 6.09 Å². The number of anilines is 1. The maximum Gasteiger partial charge on any atom is 0.410 e. The molecule has 3 heterocycles. The van der Waals surface area contributed by atoms with Crippen molar-refractivity contribution in [3.63, 3.8) is 0 Å². The molecule has 0 radical (unpaired) electrons. The Morgan fingerprint density at radius 2 is 1.71 bits per heavy atom. The summed E-state index contributed by atoms with van der Waals surface area (Å²) >= 11 is 0. The number of aliphatic hydroxyl groups excluding tert-OH is 1. The summed E-state index contributed by atoms with van der Waals surface area (Å²) in [6.07, 6.45) is 14.5. The molecule has 1 atom stereocenters. The van der Waals surface area contributed by atoms with E-state index in [-0.39, 0.29) is 40.4 Å². The number of fused-ring (bicyclic) bond motifs is 3. The van der Waals surface area contributed by atoms with E-state index >= 15 is 0 Å². The maximum absolute atomic E-state index is 14.7. The number of aliphatic hydroxyl groups is 1. The monoisotopic (exact) mass is 697 g/mol. The van der Waals surface area contributed by atoms with Crippen LogP contribution in [0.1, 0.15) is 103 Å². The van der Waals surface area contributed by atoms with Crippen molar-refractivity contribution in [2.24, 2.45) is 11.3 Å². The molecule has 1 aliphatic heterocycles. The van der Waals surface area contributed by atoms with Crippen LogP contribution in [-0.4, -0.2) is 75.7 Å². The molecule has 274 valence electrons. The Morgan fingerprint density at radius 3 is 2.31 bits per heavy atom. The zero-order chi connectivity index (χ0) is 36.0. The Kier molecular flexibility index (Phi) is 9.67. The number of rotatable bonds is 8. The Bertz CT molecular complexity index is 1710. The third-order valence-electron chi connectivity index (χ3n) is 12.5. The van der Waals surface area contributed by atoms with Crippen molar-refractivity contribution >= 4 is 17.8 Å². The Morgan fingerprint density at radius 1 is 0.980 bits per heavy atom. The number of ether oxygens (including phenoxy) is 2. The molecule has 0 spiro atoms. The summed E-state index contributed by atoms with van der Waals surface area (Å²) in [5.41, 5.74) is 4.69. The number of benzene rings is 1. The molecule has 0 unspecified atom stereocenters. The molecule has 10 nitrogen and oxygen atoms in total. The van der Waals surface area contributed by atoms with E-state index in [4.69, 9.17) is 14.5 Å². The van der Waals surface area contributed by atoms with Gasteiger partial charge < -0.3 is 19.5 Å². The predicted octanol–water partition coefficient (Wildman–Crippen LogP) is 7.40. The first-order chi connectivity index (χ1) is 24.4. The molecular weight excluding hydrogens is 642 g/mol. The molecule has 5 aliphatic rings. The van der Waals surface area contributed by atoms with Gasteiger partial charge in [0.2, 0.25) is 5.91 Å². The van der Waals surface area contributed by atoms with Crippen molar-refractivity contribution in [2.75, 3.05) is 31.6 Å². The van der Waals surface area contributed by atoms with Gasteiger partial charge in [-0.15, -0.1) is 0 Å². The Hall–Kier alpha value is -3.92. The van der Waals surface area contributed by atoms with Gasteiger partial charge in [-0.25, -0.2) is 9.78 Å². The van der Waals surface area contributed by atoms with E-state index in [2.05, 4.69) is 63.3 Å². The number of aromatic nitrogens is 3. The largest absolute Gasteiger partial charge is 0.496 e. The molecule has 5 fully saturated rings. The first-order valence-electron chi connectivity index (χ1n) is 19.0. The summed E-state index contributed by atoms with van der Waals surface area (Å²) in [5, 5.41) is 14.5. The summed E-state index contributed by atoms with van der Waals surface area (Å²) in [5.74, 6) is 1.60. The zero-order valence-electron chi connectivity index (χ0n) is 31.1. The zero-order valence-corrected chi connectivity index (χ0v) is 31.1. The van der Waals surface area contributed by atoms with Crippen molar-refractivity contribution in [3.05, 3.63) is 60.0 Å². The van der Waals surface area contributed by atoms with E-state index in [9.17, 15) is 14.7 Å². The molecule has 2 amide bonds. The molecule has 1 aromatic carbocycles. The molecule has 8 rings (SSSR count). The van der Waals surface area contributed by atoms with Crippen LogP contribution >= 0.6 is 0 Å². The Balaban J connectivity index is 1.10. The fraction of sp³-hybridized carbons (Fsp3) is 0.610. The maximum atomic E-state index is 14.7. The Labute approximate surface area is 302 Å². The fourth-order valence-corrected chi connectivity index (χ4v) is 9.11. The van der Waals surface area contributed by atoms with Crippen LogP contribution in [0.2, 0.25) is 0 Å². The standard InChI is InChI=1S/C41H55N5O5/c1-28-22-32(8-11-35(28)50-5)41-17-14-40(15-18-41,16-19-41)27-45(36-23-30(12-20-42-36)31-24-43-46(25-31)39(2,3)4)37(48)29-6-9-34(10-7-29)51-38(49)44-21-13-33(47)26-44/h8,11-12,20,22-25,29,33-34,47H,6-7,9-10,13-19,21,26-27H2,1-5H3/t29-,33-,34-,40?,41?/m0/s1. The molecule has 2 bridgehead atoms. The second-order valence-electron chi connectivity index (χ2n) is 16.9. The molecule has 51 heavy (non-hydrogen) atoms. The highest BCUT2D eigenvalue weighted by atomic mass is 16.6. The van der Waals surface area contributed by atoms with Crippen molar-refractivity contribution < 1.29 is 24.2 Å². The summed E-state index contributed by atoms with van der Waals surface area (Å²) in [7, 11) is 1.73. The number of pyridine rings is 1. The van der Waals surface area contributed by atoms with Gasteiger partial charge in [-0.2, -0.15) is 5.10 Å². The van der Waals surface area contributed by atoms with Gasteiger partial charge in [0.05, 0.1) is 24.9 Å². The number of nitrogens with zero attached hydrogens (tertiary/aromatic N) is 5. The van der Waals surface area contributed by atoms with Gasteiger partial charge in [0, 0.05) is 43.5 Å². The predicted molar refractivity (Wildman–Crippen MR) is 197 cm³/mol. The minimum absolute atomic E-state index is 0.0424. The van der Waals surface area contributed by atoms with Crippen molar-refractivity contribution in [2.45, 2.75) is 121 Å². The number of hydrogen-bond acceptors (Lipinski definition) is 7. The number of methoxy groups -OCH3 is 1. The van der Waals surface area contributed by atoms with E-state index in [0.29, 0.717) is 57.6 Å². The summed E-state index contributed by atoms with van der Waals surface area (Å²) in [6, 6.07) is 10.8. The highest BCUT2D eigenvalue weighted by molar-refractivity contribution is 5.95. The van der Waals surface area contributed by atoms with Crippen molar-refractivity contribution in [1.82, 2.24) is 19.7 Å². The van der Waals surface area contributed by atoms with Gasteiger partial charge in [-0.1, -0.05) is 12.1 Å². The second-order valence-corrected chi connectivity index (χ2v) is 16.9. The van der Waals surface area contributed by atoms with Crippen molar-refractivity contribution in [1.29, 1.82) is 0 Å². The van der Waals surface area contributed by atoms with Gasteiger partial charge in [0.1, 0.15) is 17.7 Å². The van der Waals surface area contributed by atoms with Crippen LogP contribution < -0.4 is 9.64 Å².